The third kappa shape index (κ3) is 3.38. The number of rotatable bonds is 4. The lowest BCUT2D eigenvalue weighted by Gasteiger charge is -2.19. The zero-order valence-electron chi connectivity index (χ0n) is 9.33. The predicted molar refractivity (Wildman–Crippen MR) is 59.3 cm³/mol. The molecule has 0 saturated heterocycles. The lowest BCUT2D eigenvalue weighted by atomic mass is 10.4. The molecule has 0 radical (unpaired) electrons. The zero-order valence-corrected chi connectivity index (χ0v) is 9.33. The molecule has 16 heavy (non-hydrogen) atoms. The lowest BCUT2D eigenvalue weighted by molar-refractivity contribution is 0.205. The van der Waals surface area contributed by atoms with Crippen LogP contribution in [0.15, 0.2) is 18.3 Å². The van der Waals surface area contributed by atoms with E-state index in [1.807, 2.05) is 13.8 Å². The van der Waals surface area contributed by atoms with Crippen molar-refractivity contribution >= 4 is 11.8 Å². The van der Waals surface area contributed by atoms with Crippen LogP contribution in [0.3, 0.4) is 0 Å². The number of aromatic nitrogens is 1. The van der Waals surface area contributed by atoms with Gasteiger partial charge in [-0.15, -0.1) is 0 Å². The minimum atomic E-state index is -0.416. The van der Waals surface area contributed by atoms with Crippen molar-refractivity contribution in [2.45, 2.75) is 13.8 Å². The SMILES string of the molecule is CCN(CC)C(=O)NNc1ccc(F)cn1. The molecule has 0 fully saturated rings. The highest BCUT2D eigenvalue weighted by Crippen LogP contribution is 2.01. The average Bonchev–Trinajstić information content (AvgIpc) is 2.30. The number of halogens is 1. The van der Waals surface area contributed by atoms with E-state index >= 15 is 0 Å². The summed E-state index contributed by atoms with van der Waals surface area (Å²) in [6.45, 7) is 5.03. The Balaban J connectivity index is 2.45. The minimum absolute atomic E-state index is 0.240. The van der Waals surface area contributed by atoms with Gasteiger partial charge in [-0.25, -0.2) is 14.2 Å². The van der Waals surface area contributed by atoms with E-state index in [4.69, 9.17) is 0 Å². The second-order valence-electron chi connectivity index (χ2n) is 3.09. The summed E-state index contributed by atoms with van der Waals surface area (Å²) < 4.78 is 12.5. The number of nitrogens with zero attached hydrogens (tertiary/aromatic N) is 2. The first-order valence-corrected chi connectivity index (χ1v) is 5.09. The first kappa shape index (κ1) is 12.2. The van der Waals surface area contributed by atoms with E-state index in [1.54, 1.807) is 4.90 Å². The molecular weight excluding hydrogens is 211 g/mol. The van der Waals surface area contributed by atoms with Crippen LogP contribution >= 0.6 is 0 Å². The Labute approximate surface area is 93.6 Å². The molecule has 1 aromatic heterocycles. The average molecular weight is 226 g/mol. The zero-order chi connectivity index (χ0) is 12.0. The maximum Gasteiger partial charge on any atom is 0.336 e. The molecular formula is C10H15FN4O. The Morgan fingerprint density at radius 3 is 2.62 bits per heavy atom. The molecule has 0 aliphatic rings. The number of urea groups is 1. The second-order valence-corrected chi connectivity index (χ2v) is 3.09. The van der Waals surface area contributed by atoms with Gasteiger partial charge in [0, 0.05) is 13.1 Å². The molecule has 2 amide bonds. The van der Waals surface area contributed by atoms with E-state index in [-0.39, 0.29) is 6.03 Å². The topological polar surface area (TPSA) is 57.3 Å². The number of hydrazine groups is 1. The third-order valence-electron chi connectivity index (χ3n) is 2.08. The molecule has 0 atom stereocenters. The molecule has 1 heterocycles. The predicted octanol–water partition coefficient (Wildman–Crippen LogP) is 1.60. The number of nitrogens with one attached hydrogen (secondary N) is 2. The molecule has 0 aromatic carbocycles. The van der Waals surface area contributed by atoms with Crippen molar-refractivity contribution in [1.29, 1.82) is 0 Å². The Morgan fingerprint density at radius 2 is 2.12 bits per heavy atom. The maximum absolute atomic E-state index is 12.5. The summed E-state index contributed by atoms with van der Waals surface area (Å²) >= 11 is 0. The summed E-state index contributed by atoms with van der Waals surface area (Å²) in [5.74, 6) is -0.0254. The summed E-state index contributed by atoms with van der Waals surface area (Å²) in [7, 11) is 0. The van der Waals surface area contributed by atoms with Crippen LogP contribution in [0, 0.1) is 5.82 Å². The number of carbonyl (C=O) groups excluding carboxylic acids is 1. The highest BCUT2D eigenvalue weighted by Gasteiger charge is 2.07. The van der Waals surface area contributed by atoms with Gasteiger partial charge in [-0.05, 0) is 26.0 Å². The fraction of sp³-hybridized carbons (Fsp3) is 0.400. The highest BCUT2D eigenvalue weighted by atomic mass is 19.1. The fourth-order valence-corrected chi connectivity index (χ4v) is 1.16. The van der Waals surface area contributed by atoms with Crippen molar-refractivity contribution < 1.29 is 9.18 Å². The normalized spacial score (nSPS) is 9.69. The molecule has 1 rings (SSSR count). The number of anilines is 1. The minimum Gasteiger partial charge on any atom is -0.324 e. The molecule has 0 unspecified atom stereocenters. The quantitative estimate of drug-likeness (QED) is 0.767. The van der Waals surface area contributed by atoms with Gasteiger partial charge < -0.3 is 4.90 Å². The molecule has 6 heteroatoms. The van der Waals surface area contributed by atoms with E-state index in [9.17, 15) is 9.18 Å². The highest BCUT2D eigenvalue weighted by molar-refractivity contribution is 5.75. The van der Waals surface area contributed by atoms with E-state index < -0.39 is 5.82 Å². The summed E-state index contributed by atoms with van der Waals surface area (Å²) in [5.41, 5.74) is 5.07. The Bertz CT molecular complexity index is 337. The van der Waals surface area contributed by atoms with Crippen LogP contribution in [0.1, 0.15) is 13.8 Å². The molecule has 0 aliphatic heterocycles. The van der Waals surface area contributed by atoms with Gasteiger partial charge in [-0.2, -0.15) is 0 Å². The van der Waals surface area contributed by atoms with Crippen LogP contribution in [-0.4, -0.2) is 29.0 Å². The molecule has 0 bridgehead atoms. The van der Waals surface area contributed by atoms with Gasteiger partial charge in [0.05, 0.1) is 6.20 Å². The van der Waals surface area contributed by atoms with Crippen LogP contribution < -0.4 is 10.9 Å². The lowest BCUT2D eigenvalue weighted by Crippen LogP contribution is -2.42. The van der Waals surface area contributed by atoms with Gasteiger partial charge >= 0.3 is 6.03 Å². The van der Waals surface area contributed by atoms with Crippen LogP contribution in [0.4, 0.5) is 15.0 Å². The van der Waals surface area contributed by atoms with E-state index in [2.05, 4.69) is 15.8 Å². The number of carbonyl (C=O) groups is 1. The van der Waals surface area contributed by atoms with Crippen LogP contribution in [0.25, 0.3) is 0 Å². The maximum atomic E-state index is 12.5. The summed E-state index contributed by atoms with van der Waals surface area (Å²) in [6, 6.07) is 2.47. The number of amides is 2. The number of hydrogen-bond acceptors (Lipinski definition) is 3. The monoisotopic (exact) mass is 226 g/mol. The third-order valence-corrected chi connectivity index (χ3v) is 2.08. The summed E-state index contributed by atoms with van der Waals surface area (Å²) in [6.07, 6.45) is 1.08. The van der Waals surface area contributed by atoms with Crippen molar-refractivity contribution in [1.82, 2.24) is 15.3 Å². The second kappa shape index (κ2) is 5.89. The molecule has 2 N–H and O–H groups in total. The van der Waals surface area contributed by atoms with Crippen molar-refractivity contribution in [3.63, 3.8) is 0 Å². The molecule has 0 saturated carbocycles. The smallest absolute Gasteiger partial charge is 0.324 e. The molecule has 88 valence electrons. The number of pyridine rings is 1. The van der Waals surface area contributed by atoms with Crippen molar-refractivity contribution in [2.24, 2.45) is 0 Å². The van der Waals surface area contributed by atoms with Crippen molar-refractivity contribution in [2.75, 3.05) is 18.5 Å². The van der Waals surface area contributed by atoms with Gasteiger partial charge in [-0.3, -0.25) is 10.9 Å². The first-order chi connectivity index (χ1) is 7.67. The standard InChI is InChI=1S/C10H15FN4O/c1-3-15(4-2)10(16)14-13-9-6-5-8(11)7-12-9/h5-7H,3-4H2,1-2H3,(H,12,13)(H,14,16). The van der Waals surface area contributed by atoms with Gasteiger partial charge in [0.2, 0.25) is 0 Å². The van der Waals surface area contributed by atoms with Gasteiger partial charge in [-0.1, -0.05) is 0 Å². The number of hydrogen-bond donors (Lipinski definition) is 2. The van der Waals surface area contributed by atoms with Crippen LogP contribution in [0.2, 0.25) is 0 Å². The van der Waals surface area contributed by atoms with E-state index in [0.29, 0.717) is 18.9 Å². The first-order valence-electron chi connectivity index (χ1n) is 5.09. The van der Waals surface area contributed by atoms with Crippen molar-refractivity contribution in [3.05, 3.63) is 24.1 Å². The van der Waals surface area contributed by atoms with Crippen LogP contribution in [-0.2, 0) is 0 Å². The molecule has 1 aromatic rings. The largest absolute Gasteiger partial charge is 0.336 e. The Hall–Kier alpha value is -1.85. The van der Waals surface area contributed by atoms with E-state index in [1.165, 1.54) is 12.1 Å². The Morgan fingerprint density at radius 1 is 1.44 bits per heavy atom. The Kier molecular flexibility index (Phi) is 4.50. The summed E-state index contributed by atoms with van der Waals surface area (Å²) in [4.78, 5) is 16.8. The van der Waals surface area contributed by atoms with Crippen LogP contribution in [0.5, 0.6) is 0 Å². The molecule has 0 aliphatic carbocycles. The molecule has 5 nitrogen and oxygen atoms in total. The van der Waals surface area contributed by atoms with E-state index in [0.717, 1.165) is 6.20 Å². The fourth-order valence-electron chi connectivity index (χ4n) is 1.16. The summed E-state index contributed by atoms with van der Waals surface area (Å²) in [5, 5.41) is 0. The van der Waals surface area contributed by atoms with Crippen molar-refractivity contribution in [3.8, 4) is 0 Å². The molecule has 0 spiro atoms. The van der Waals surface area contributed by atoms with Gasteiger partial charge in [0.1, 0.15) is 11.6 Å². The van der Waals surface area contributed by atoms with Gasteiger partial charge in [0.15, 0.2) is 0 Å². The van der Waals surface area contributed by atoms with Gasteiger partial charge in [0.25, 0.3) is 0 Å².